The van der Waals surface area contributed by atoms with Crippen molar-refractivity contribution in [1.29, 1.82) is 0 Å². The molecular formula is C17H20BNO5. The molecule has 0 spiro atoms. The molecule has 126 valence electrons. The molecule has 0 aliphatic heterocycles. The first-order valence-corrected chi connectivity index (χ1v) is 8.02. The highest BCUT2D eigenvalue weighted by atomic mass is 16.6. The second-order valence-electron chi connectivity index (χ2n) is 5.96. The van der Waals surface area contributed by atoms with E-state index in [9.17, 15) is 4.79 Å². The van der Waals surface area contributed by atoms with Gasteiger partial charge in [0.1, 0.15) is 11.5 Å². The van der Waals surface area contributed by atoms with Gasteiger partial charge in [0.2, 0.25) is 5.91 Å². The van der Waals surface area contributed by atoms with Crippen molar-refractivity contribution in [3.63, 3.8) is 0 Å². The van der Waals surface area contributed by atoms with Gasteiger partial charge in [-0.2, -0.15) is 0 Å². The lowest BCUT2D eigenvalue weighted by Gasteiger charge is -2.13. The zero-order chi connectivity index (χ0) is 17.1. The topological polar surface area (TPSA) is 88.0 Å². The molecule has 0 atom stereocenters. The van der Waals surface area contributed by atoms with Crippen molar-refractivity contribution < 1.29 is 24.2 Å². The summed E-state index contributed by atoms with van der Waals surface area (Å²) in [5, 5.41) is 22.7. The third kappa shape index (κ3) is 4.40. The van der Waals surface area contributed by atoms with Crippen LogP contribution in [0.3, 0.4) is 0 Å². The van der Waals surface area contributed by atoms with E-state index in [-0.39, 0.29) is 5.91 Å². The molecule has 0 aromatic heterocycles. The molecule has 1 saturated carbocycles. The summed E-state index contributed by atoms with van der Waals surface area (Å²) in [4.78, 5) is 11.1. The van der Waals surface area contributed by atoms with Gasteiger partial charge in [-0.1, -0.05) is 6.07 Å². The zero-order valence-corrected chi connectivity index (χ0v) is 13.5. The lowest BCUT2D eigenvalue weighted by molar-refractivity contribution is -0.118. The molecule has 1 amide bonds. The summed E-state index contributed by atoms with van der Waals surface area (Å²) < 4.78 is 10.8. The Hall–Kier alpha value is -2.25. The maximum atomic E-state index is 11.1. The van der Waals surface area contributed by atoms with Crippen LogP contribution in [0.25, 0.3) is 10.8 Å². The number of amides is 1. The number of carbonyl (C=O) groups excluding carboxylic acids is 1. The number of ether oxygens (including phenoxy) is 1. The summed E-state index contributed by atoms with van der Waals surface area (Å²) in [6.45, 7) is 1.96. The second-order valence-corrected chi connectivity index (χ2v) is 5.96. The largest absolute Gasteiger partial charge is 0.707 e. The Morgan fingerprint density at radius 3 is 2.71 bits per heavy atom. The quantitative estimate of drug-likeness (QED) is 0.669. The van der Waals surface area contributed by atoms with Crippen molar-refractivity contribution in [2.24, 2.45) is 0 Å². The van der Waals surface area contributed by atoms with Crippen molar-refractivity contribution in [3.05, 3.63) is 35.9 Å². The highest BCUT2D eigenvalue weighted by molar-refractivity contribution is 6.33. The molecule has 1 aliphatic rings. The maximum absolute atomic E-state index is 11.1. The number of carbonyl (C=O) groups is 1. The van der Waals surface area contributed by atoms with Crippen molar-refractivity contribution >= 4 is 24.0 Å². The molecular weight excluding hydrogens is 309 g/mol. The second kappa shape index (κ2) is 7.11. The smallest absolute Gasteiger partial charge is 0.512 e. The minimum absolute atomic E-state index is 0.0877. The maximum Gasteiger partial charge on any atom is 0.707 e. The van der Waals surface area contributed by atoms with E-state index in [0.29, 0.717) is 24.8 Å². The Morgan fingerprint density at radius 1 is 1.25 bits per heavy atom. The third-order valence-corrected chi connectivity index (χ3v) is 3.82. The molecule has 6 nitrogen and oxygen atoms in total. The van der Waals surface area contributed by atoms with Gasteiger partial charge in [0.15, 0.2) is 0 Å². The monoisotopic (exact) mass is 329 g/mol. The highest BCUT2D eigenvalue weighted by Crippen LogP contribution is 2.32. The van der Waals surface area contributed by atoms with Crippen LogP contribution < -0.4 is 14.7 Å². The van der Waals surface area contributed by atoms with Gasteiger partial charge >= 0.3 is 7.32 Å². The number of benzene rings is 2. The van der Waals surface area contributed by atoms with Crippen molar-refractivity contribution in [1.82, 2.24) is 5.32 Å². The fraction of sp³-hybridized carbons (Fsp3) is 0.353. The van der Waals surface area contributed by atoms with E-state index < -0.39 is 7.32 Å². The molecule has 7 heteroatoms. The first-order valence-electron chi connectivity index (χ1n) is 8.02. The normalized spacial score (nSPS) is 13.6. The van der Waals surface area contributed by atoms with Crippen LogP contribution in [0.2, 0.25) is 0 Å². The summed E-state index contributed by atoms with van der Waals surface area (Å²) >= 11 is 0. The Kier molecular flexibility index (Phi) is 4.92. The standard InChI is InChI=1S/C17H20BNO5/c1-11(20)19-7-6-13-9-16(24-18(21)22)8-12-2-3-15(10-17(12)13)23-14-4-5-14/h2-3,8-10,14,21-22H,4-7H2,1H3,(H,19,20). The van der Waals surface area contributed by atoms with Crippen LogP contribution in [-0.4, -0.2) is 35.9 Å². The number of rotatable bonds is 7. The van der Waals surface area contributed by atoms with Crippen LogP contribution in [0.4, 0.5) is 0 Å². The molecule has 0 bridgehead atoms. The van der Waals surface area contributed by atoms with E-state index in [4.69, 9.17) is 19.4 Å². The van der Waals surface area contributed by atoms with Gasteiger partial charge in [0.25, 0.3) is 0 Å². The molecule has 0 unspecified atom stereocenters. The Bertz CT molecular complexity index is 745. The number of hydrogen-bond acceptors (Lipinski definition) is 5. The SMILES string of the molecule is CC(=O)NCCc1cc(OB(O)O)cc2ccc(OC3CC3)cc12. The molecule has 3 rings (SSSR count). The minimum atomic E-state index is -1.87. The van der Waals surface area contributed by atoms with Crippen LogP contribution >= 0.6 is 0 Å². The predicted molar refractivity (Wildman–Crippen MR) is 90.8 cm³/mol. The van der Waals surface area contributed by atoms with Gasteiger partial charge in [-0.3, -0.25) is 4.79 Å². The molecule has 3 N–H and O–H groups in total. The summed E-state index contributed by atoms with van der Waals surface area (Å²) in [5.41, 5.74) is 0.943. The predicted octanol–water partition coefficient (Wildman–Crippen LogP) is 1.41. The average molecular weight is 329 g/mol. The van der Waals surface area contributed by atoms with Crippen LogP contribution in [0.1, 0.15) is 25.3 Å². The summed E-state index contributed by atoms with van der Waals surface area (Å²) in [7, 11) is -1.87. The van der Waals surface area contributed by atoms with Crippen LogP contribution in [0.15, 0.2) is 30.3 Å². The van der Waals surface area contributed by atoms with Gasteiger partial charge in [-0.25, -0.2) is 0 Å². The summed E-state index contributed by atoms with van der Waals surface area (Å²) in [5.74, 6) is 1.10. The molecule has 1 fully saturated rings. The molecule has 1 aliphatic carbocycles. The number of fused-ring (bicyclic) bond motifs is 1. The lowest BCUT2D eigenvalue weighted by atomic mass is 10.0. The lowest BCUT2D eigenvalue weighted by Crippen LogP contribution is -2.23. The van der Waals surface area contributed by atoms with Crippen molar-refractivity contribution in [3.8, 4) is 11.5 Å². The Balaban J connectivity index is 1.91. The highest BCUT2D eigenvalue weighted by Gasteiger charge is 2.23. The summed E-state index contributed by atoms with van der Waals surface area (Å²) in [6, 6.07) is 9.31. The van der Waals surface area contributed by atoms with Crippen LogP contribution in [-0.2, 0) is 11.2 Å². The fourth-order valence-corrected chi connectivity index (χ4v) is 2.61. The average Bonchev–Trinajstić information content (AvgIpc) is 3.30. The van der Waals surface area contributed by atoms with Crippen LogP contribution in [0.5, 0.6) is 11.5 Å². The van der Waals surface area contributed by atoms with Crippen molar-refractivity contribution in [2.75, 3.05) is 6.54 Å². The van der Waals surface area contributed by atoms with Gasteiger partial charge in [-0.05, 0) is 59.9 Å². The summed E-state index contributed by atoms with van der Waals surface area (Å²) in [6.07, 6.45) is 3.10. The number of nitrogens with one attached hydrogen (secondary N) is 1. The Morgan fingerprint density at radius 2 is 2.04 bits per heavy atom. The van der Waals surface area contributed by atoms with Gasteiger partial charge in [0, 0.05) is 13.5 Å². The van der Waals surface area contributed by atoms with E-state index in [1.807, 2.05) is 18.2 Å². The van der Waals surface area contributed by atoms with Crippen molar-refractivity contribution in [2.45, 2.75) is 32.3 Å². The van der Waals surface area contributed by atoms with E-state index in [1.54, 1.807) is 12.1 Å². The van der Waals surface area contributed by atoms with Gasteiger partial charge in [-0.15, -0.1) is 0 Å². The molecule has 24 heavy (non-hydrogen) atoms. The first kappa shape index (κ1) is 16.6. The van der Waals surface area contributed by atoms with Gasteiger partial charge < -0.3 is 24.8 Å². The fourth-order valence-electron chi connectivity index (χ4n) is 2.61. The molecule has 0 heterocycles. The minimum Gasteiger partial charge on any atom is -0.512 e. The van der Waals surface area contributed by atoms with E-state index in [2.05, 4.69) is 5.32 Å². The van der Waals surface area contributed by atoms with Crippen LogP contribution in [0, 0.1) is 0 Å². The molecule has 0 radical (unpaired) electrons. The van der Waals surface area contributed by atoms with E-state index >= 15 is 0 Å². The molecule has 0 saturated heterocycles. The number of hydrogen-bond donors (Lipinski definition) is 3. The van der Waals surface area contributed by atoms with E-state index in [0.717, 1.165) is 34.9 Å². The van der Waals surface area contributed by atoms with E-state index in [1.165, 1.54) is 6.92 Å². The zero-order valence-electron chi connectivity index (χ0n) is 13.5. The van der Waals surface area contributed by atoms with Gasteiger partial charge in [0.05, 0.1) is 6.10 Å². The molecule has 2 aromatic carbocycles. The molecule has 2 aromatic rings. The first-order chi connectivity index (χ1) is 11.5. The third-order valence-electron chi connectivity index (χ3n) is 3.82. The Labute approximate surface area is 140 Å².